The van der Waals surface area contributed by atoms with Crippen LogP contribution < -0.4 is 5.32 Å². The molecular weight excluding hydrogens is 102 g/mol. The van der Waals surface area contributed by atoms with Gasteiger partial charge in [-0.15, -0.1) is 0 Å². The van der Waals surface area contributed by atoms with Crippen LogP contribution in [0.1, 0.15) is 12.8 Å². The van der Waals surface area contributed by atoms with Crippen LogP contribution in [0.4, 0.5) is 0 Å². The summed E-state index contributed by atoms with van der Waals surface area (Å²) in [5.74, 6) is 0.606. The number of aliphatic hydroxyl groups excluding tert-OH is 1. The van der Waals surface area contributed by atoms with Gasteiger partial charge in [-0.25, -0.2) is 0 Å². The largest absolute Gasteiger partial charge is 0.393 e. The molecular formula is C6H11NO. The van der Waals surface area contributed by atoms with Gasteiger partial charge in [0.25, 0.3) is 0 Å². The fourth-order valence-corrected chi connectivity index (χ4v) is 1.75. The molecule has 1 saturated carbocycles. The quantitative estimate of drug-likeness (QED) is 0.453. The maximum absolute atomic E-state index is 9.08. The Morgan fingerprint density at radius 2 is 2.38 bits per heavy atom. The molecule has 1 aliphatic carbocycles. The molecule has 46 valence electrons. The number of rotatable bonds is 0. The monoisotopic (exact) mass is 113 g/mol. The molecule has 0 bridgehead atoms. The van der Waals surface area contributed by atoms with Gasteiger partial charge in [0.1, 0.15) is 0 Å². The first-order valence-corrected chi connectivity index (χ1v) is 3.29. The van der Waals surface area contributed by atoms with Gasteiger partial charge in [-0.3, -0.25) is 0 Å². The fraction of sp³-hybridized carbons (Fsp3) is 1.00. The summed E-state index contributed by atoms with van der Waals surface area (Å²) in [5, 5.41) is 12.4. The molecule has 0 aromatic carbocycles. The number of hydrogen-bond acceptors (Lipinski definition) is 2. The second-order valence-corrected chi connectivity index (χ2v) is 2.82. The molecule has 1 aliphatic heterocycles. The van der Waals surface area contributed by atoms with Gasteiger partial charge < -0.3 is 10.4 Å². The van der Waals surface area contributed by atoms with E-state index in [9.17, 15) is 0 Å². The van der Waals surface area contributed by atoms with E-state index in [1.165, 1.54) is 6.42 Å². The van der Waals surface area contributed by atoms with Crippen molar-refractivity contribution < 1.29 is 5.11 Å². The summed E-state index contributed by atoms with van der Waals surface area (Å²) in [7, 11) is 0. The third-order valence-corrected chi connectivity index (χ3v) is 2.39. The van der Waals surface area contributed by atoms with Crippen molar-refractivity contribution >= 4 is 0 Å². The first kappa shape index (κ1) is 4.77. The van der Waals surface area contributed by atoms with Crippen LogP contribution in [0.2, 0.25) is 0 Å². The van der Waals surface area contributed by atoms with Crippen molar-refractivity contribution in [1.82, 2.24) is 5.32 Å². The average Bonchev–Trinajstić information content (AvgIpc) is 2.09. The minimum absolute atomic E-state index is 0.0231. The van der Waals surface area contributed by atoms with E-state index in [4.69, 9.17) is 5.11 Å². The standard InChI is InChI=1S/C6H11NO/c8-6-3-5-4(6)1-2-7-5/h4-8H,1-3H2/t4-,5+,6?/m1/s1. The topological polar surface area (TPSA) is 32.3 Å². The predicted molar refractivity (Wildman–Crippen MR) is 30.5 cm³/mol. The highest BCUT2D eigenvalue weighted by atomic mass is 16.3. The Morgan fingerprint density at radius 3 is 2.88 bits per heavy atom. The molecule has 2 aliphatic rings. The molecule has 3 atom stereocenters. The molecule has 0 aromatic rings. The summed E-state index contributed by atoms with van der Waals surface area (Å²) >= 11 is 0. The first-order chi connectivity index (χ1) is 3.88. The summed E-state index contributed by atoms with van der Waals surface area (Å²) in [6.07, 6.45) is 2.20. The third kappa shape index (κ3) is 0.446. The fourth-order valence-electron chi connectivity index (χ4n) is 1.75. The lowest BCUT2D eigenvalue weighted by Crippen LogP contribution is -2.47. The van der Waals surface area contributed by atoms with E-state index >= 15 is 0 Å². The summed E-state index contributed by atoms with van der Waals surface area (Å²) in [5.41, 5.74) is 0. The van der Waals surface area contributed by atoms with E-state index in [-0.39, 0.29) is 6.10 Å². The van der Waals surface area contributed by atoms with E-state index in [1.54, 1.807) is 0 Å². The Kier molecular flexibility index (Phi) is 0.866. The van der Waals surface area contributed by atoms with Crippen molar-refractivity contribution in [2.75, 3.05) is 6.54 Å². The molecule has 0 radical (unpaired) electrons. The Balaban J connectivity index is 2.02. The van der Waals surface area contributed by atoms with E-state index in [0.717, 1.165) is 13.0 Å². The normalized spacial score (nSPS) is 52.9. The van der Waals surface area contributed by atoms with Crippen LogP contribution in [-0.2, 0) is 0 Å². The average molecular weight is 113 g/mol. The lowest BCUT2D eigenvalue weighted by Gasteiger charge is -2.35. The van der Waals surface area contributed by atoms with Crippen molar-refractivity contribution in [1.29, 1.82) is 0 Å². The maximum atomic E-state index is 9.08. The zero-order valence-electron chi connectivity index (χ0n) is 4.80. The van der Waals surface area contributed by atoms with Gasteiger partial charge in [-0.05, 0) is 19.4 Å². The minimum atomic E-state index is 0.0231. The molecule has 0 spiro atoms. The lowest BCUT2D eigenvalue weighted by molar-refractivity contribution is 0.0130. The SMILES string of the molecule is OC1C[C@@H]2NCC[C@@H]12. The second kappa shape index (κ2) is 1.45. The minimum Gasteiger partial charge on any atom is -0.393 e. The highest BCUT2D eigenvalue weighted by Crippen LogP contribution is 2.34. The Labute approximate surface area is 48.9 Å². The van der Waals surface area contributed by atoms with Crippen LogP contribution in [0.3, 0.4) is 0 Å². The maximum Gasteiger partial charge on any atom is 0.0598 e. The van der Waals surface area contributed by atoms with E-state index in [2.05, 4.69) is 5.32 Å². The van der Waals surface area contributed by atoms with Gasteiger partial charge in [0.2, 0.25) is 0 Å². The molecule has 1 unspecified atom stereocenters. The molecule has 1 heterocycles. The molecule has 0 aromatic heterocycles. The van der Waals surface area contributed by atoms with Crippen LogP contribution in [0, 0.1) is 5.92 Å². The zero-order chi connectivity index (χ0) is 5.56. The molecule has 8 heavy (non-hydrogen) atoms. The van der Waals surface area contributed by atoms with Crippen molar-refractivity contribution in [3.05, 3.63) is 0 Å². The molecule has 2 fully saturated rings. The highest BCUT2D eigenvalue weighted by Gasteiger charge is 2.42. The molecule has 2 heteroatoms. The number of aliphatic hydroxyl groups is 1. The van der Waals surface area contributed by atoms with Gasteiger partial charge in [-0.1, -0.05) is 0 Å². The predicted octanol–water partition coefficient (Wildman–Crippen LogP) is -0.271. The summed E-state index contributed by atoms with van der Waals surface area (Å²) in [6, 6.07) is 0.671. The van der Waals surface area contributed by atoms with Crippen molar-refractivity contribution in [3.63, 3.8) is 0 Å². The second-order valence-electron chi connectivity index (χ2n) is 2.82. The van der Waals surface area contributed by atoms with E-state index in [1.807, 2.05) is 0 Å². The molecule has 0 amide bonds. The first-order valence-electron chi connectivity index (χ1n) is 3.29. The summed E-state index contributed by atoms with van der Waals surface area (Å²) in [4.78, 5) is 0. The van der Waals surface area contributed by atoms with Crippen molar-refractivity contribution in [2.45, 2.75) is 25.0 Å². The van der Waals surface area contributed by atoms with Gasteiger partial charge in [0.15, 0.2) is 0 Å². The Morgan fingerprint density at radius 1 is 1.50 bits per heavy atom. The van der Waals surface area contributed by atoms with Gasteiger partial charge in [0, 0.05) is 12.0 Å². The van der Waals surface area contributed by atoms with Crippen LogP contribution in [0.15, 0.2) is 0 Å². The zero-order valence-corrected chi connectivity index (χ0v) is 4.80. The number of nitrogens with one attached hydrogen (secondary N) is 1. The summed E-state index contributed by atoms with van der Waals surface area (Å²) in [6.45, 7) is 1.12. The Bertz CT molecular complexity index is 105. The van der Waals surface area contributed by atoms with Crippen molar-refractivity contribution in [2.24, 2.45) is 5.92 Å². The van der Waals surface area contributed by atoms with Gasteiger partial charge >= 0.3 is 0 Å². The summed E-state index contributed by atoms with van der Waals surface area (Å²) < 4.78 is 0. The molecule has 2 N–H and O–H groups in total. The number of fused-ring (bicyclic) bond motifs is 1. The van der Waals surface area contributed by atoms with Crippen LogP contribution in [0.5, 0.6) is 0 Å². The van der Waals surface area contributed by atoms with Crippen LogP contribution >= 0.6 is 0 Å². The van der Waals surface area contributed by atoms with Gasteiger partial charge in [0.05, 0.1) is 6.10 Å². The van der Waals surface area contributed by atoms with Crippen LogP contribution in [0.25, 0.3) is 0 Å². The van der Waals surface area contributed by atoms with E-state index < -0.39 is 0 Å². The third-order valence-electron chi connectivity index (χ3n) is 2.39. The number of hydrogen-bond donors (Lipinski definition) is 2. The smallest absolute Gasteiger partial charge is 0.0598 e. The lowest BCUT2D eigenvalue weighted by atomic mass is 9.78. The Hall–Kier alpha value is -0.0800. The van der Waals surface area contributed by atoms with E-state index in [0.29, 0.717) is 12.0 Å². The van der Waals surface area contributed by atoms with Crippen molar-refractivity contribution in [3.8, 4) is 0 Å². The molecule has 1 saturated heterocycles. The van der Waals surface area contributed by atoms with Crippen LogP contribution in [-0.4, -0.2) is 23.8 Å². The highest BCUT2D eigenvalue weighted by molar-refractivity contribution is 4.98. The molecule has 2 nitrogen and oxygen atoms in total. The van der Waals surface area contributed by atoms with Gasteiger partial charge in [-0.2, -0.15) is 0 Å². The molecule has 2 rings (SSSR count).